The molecule has 1 aliphatic rings. The van der Waals surface area contributed by atoms with Crippen molar-refractivity contribution in [3.8, 4) is 0 Å². The van der Waals surface area contributed by atoms with E-state index in [4.69, 9.17) is 14.2 Å². The van der Waals surface area contributed by atoms with Gasteiger partial charge in [0.2, 0.25) is 0 Å². The molecule has 0 saturated carbocycles. The van der Waals surface area contributed by atoms with Gasteiger partial charge in [0, 0.05) is 40.0 Å². The van der Waals surface area contributed by atoms with Gasteiger partial charge in [-0.25, -0.2) is 0 Å². The van der Waals surface area contributed by atoms with E-state index < -0.39 is 0 Å². The summed E-state index contributed by atoms with van der Waals surface area (Å²) >= 11 is 0. The molecule has 6 heteroatoms. The summed E-state index contributed by atoms with van der Waals surface area (Å²) in [7, 11) is 1.78. The highest BCUT2D eigenvalue weighted by molar-refractivity contribution is 5.79. The van der Waals surface area contributed by atoms with Gasteiger partial charge in [-0.2, -0.15) is 0 Å². The lowest BCUT2D eigenvalue weighted by molar-refractivity contribution is -0.0390. The van der Waals surface area contributed by atoms with Gasteiger partial charge in [-0.15, -0.1) is 0 Å². The Morgan fingerprint density at radius 2 is 1.96 bits per heavy atom. The van der Waals surface area contributed by atoms with Crippen molar-refractivity contribution in [1.82, 2.24) is 10.6 Å². The van der Waals surface area contributed by atoms with Crippen LogP contribution in [0.5, 0.6) is 0 Å². The van der Waals surface area contributed by atoms with E-state index >= 15 is 0 Å². The van der Waals surface area contributed by atoms with Gasteiger partial charge in [0.1, 0.15) is 0 Å². The maximum absolute atomic E-state index is 6.02. The quantitative estimate of drug-likeness (QED) is 0.345. The lowest BCUT2D eigenvalue weighted by Crippen LogP contribution is -2.38. The highest BCUT2D eigenvalue weighted by Gasteiger charge is 2.14. The third-order valence-electron chi connectivity index (χ3n) is 4.71. The molecule has 2 N–H and O–H groups in total. The van der Waals surface area contributed by atoms with Crippen molar-refractivity contribution in [2.45, 2.75) is 52.4 Å². The standard InChI is InChI=1S/C22H37N3O3/c1-18(2)7-11-27-14-10-24-22(23-3)25-16-19-5-4-6-20(15-19)17-28-21-8-12-26-13-9-21/h4-6,15,18,21H,7-14,16-17H2,1-3H3,(H2,23,24,25). The van der Waals surface area contributed by atoms with E-state index in [-0.39, 0.29) is 0 Å². The summed E-state index contributed by atoms with van der Waals surface area (Å²) < 4.78 is 17.0. The second-order valence-corrected chi connectivity index (χ2v) is 7.59. The molecule has 0 amide bonds. The smallest absolute Gasteiger partial charge is 0.191 e. The normalized spacial score (nSPS) is 15.8. The van der Waals surface area contributed by atoms with E-state index in [2.05, 4.69) is 53.7 Å². The maximum atomic E-state index is 6.02. The zero-order valence-corrected chi connectivity index (χ0v) is 17.7. The van der Waals surface area contributed by atoms with Gasteiger partial charge >= 0.3 is 0 Å². The Balaban J connectivity index is 1.66. The molecule has 1 heterocycles. The summed E-state index contributed by atoms with van der Waals surface area (Å²) in [5.41, 5.74) is 2.41. The minimum absolute atomic E-state index is 0.321. The molecule has 1 aromatic carbocycles. The van der Waals surface area contributed by atoms with Crippen LogP contribution in [-0.2, 0) is 27.4 Å². The number of aliphatic imine (C=N–C) groups is 1. The number of rotatable bonds is 11. The van der Waals surface area contributed by atoms with Gasteiger partial charge in [-0.1, -0.05) is 38.1 Å². The summed E-state index contributed by atoms with van der Waals surface area (Å²) in [6.07, 6.45) is 3.40. The van der Waals surface area contributed by atoms with Crippen molar-refractivity contribution >= 4 is 5.96 Å². The van der Waals surface area contributed by atoms with Gasteiger partial charge < -0.3 is 24.8 Å². The first-order valence-electron chi connectivity index (χ1n) is 10.5. The van der Waals surface area contributed by atoms with E-state index in [9.17, 15) is 0 Å². The molecule has 2 rings (SSSR count). The van der Waals surface area contributed by atoms with Crippen LogP contribution in [0.1, 0.15) is 44.2 Å². The molecule has 0 aromatic heterocycles. The van der Waals surface area contributed by atoms with Crippen LogP contribution < -0.4 is 10.6 Å². The first kappa shape index (κ1) is 22.7. The summed E-state index contributed by atoms with van der Waals surface area (Å²) in [4.78, 5) is 4.27. The highest BCUT2D eigenvalue weighted by atomic mass is 16.5. The first-order chi connectivity index (χ1) is 13.7. The number of guanidine groups is 1. The molecule has 0 radical (unpaired) electrons. The zero-order chi connectivity index (χ0) is 20.0. The summed E-state index contributed by atoms with van der Waals surface area (Å²) in [5.74, 6) is 1.47. The van der Waals surface area contributed by atoms with Crippen molar-refractivity contribution in [3.63, 3.8) is 0 Å². The molecule has 0 aliphatic carbocycles. The fourth-order valence-corrected chi connectivity index (χ4v) is 2.96. The number of hydrogen-bond acceptors (Lipinski definition) is 4. The van der Waals surface area contributed by atoms with E-state index in [0.717, 1.165) is 58.1 Å². The molecule has 6 nitrogen and oxygen atoms in total. The second kappa shape index (κ2) is 13.5. The molecular formula is C22H37N3O3. The summed E-state index contributed by atoms with van der Waals surface area (Å²) in [6.45, 7) is 9.65. The van der Waals surface area contributed by atoms with E-state index in [0.29, 0.717) is 25.2 Å². The minimum atomic E-state index is 0.321. The zero-order valence-electron chi connectivity index (χ0n) is 17.7. The van der Waals surface area contributed by atoms with Crippen molar-refractivity contribution in [1.29, 1.82) is 0 Å². The fraction of sp³-hybridized carbons (Fsp3) is 0.682. The Kier molecular flexibility index (Phi) is 10.9. The van der Waals surface area contributed by atoms with Crippen molar-refractivity contribution in [2.24, 2.45) is 10.9 Å². The van der Waals surface area contributed by atoms with E-state index in [1.165, 1.54) is 11.1 Å². The Hall–Kier alpha value is -1.63. The van der Waals surface area contributed by atoms with Crippen LogP contribution in [0.3, 0.4) is 0 Å². The fourth-order valence-electron chi connectivity index (χ4n) is 2.96. The van der Waals surface area contributed by atoms with Crippen LogP contribution in [0.15, 0.2) is 29.3 Å². The van der Waals surface area contributed by atoms with Crippen LogP contribution in [0.4, 0.5) is 0 Å². The molecule has 0 unspecified atom stereocenters. The van der Waals surface area contributed by atoms with Crippen LogP contribution in [0.2, 0.25) is 0 Å². The Bertz CT molecular complexity index is 572. The van der Waals surface area contributed by atoms with Gasteiger partial charge in [-0.3, -0.25) is 4.99 Å². The molecular weight excluding hydrogens is 354 g/mol. The van der Waals surface area contributed by atoms with Crippen molar-refractivity contribution in [2.75, 3.05) is 40.0 Å². The SMILES string of the molecule is CN=C(NCCOCCC(C)C)NCc1cccc(COC2CCOCC2)c1. The Labute approximate surface area is 170 Å². The predicted octanol–water partition coefficient (Wildman–Crippen LogP) is 3.11. The third kappa shape index (κ3) is 9.53. The molecule has 0 spiro atoms. The van der Waals surface area contributed by atoms with Crippen LogP contribution in [-0.4, -0.2) is 52.1 Å². The van der Waals surface area contributed by atoms with Gasteiger partial charge in [-0.05, 0) is 36.3 Å². The lowest BCUT2D eigenvalue weighted by atomic mass is 10.1. The number of hydrogen-bond donors (Lipinski definition) is 2. The summed E-state index contributed by atoms with van der Waals surface area (Å²) in [6, 6.07) is 8.50. The van der Waals surface area contributed by atoms with Crippen LogP contribution in [0.25, 0.3) is 0 Å². The number of nitrogens with zero attached hydrogens (tertiary/aromatic N) is 1. The predicted molar refractivity (Wildman–Crippen MR) is 114 cm³/mol. The molecule has 1 aromatic rings. The lowest BCUT2D eigenvalue weighted by Gasteiger charge is -2.22. The number of ether oxygens (including phenoxy) is 3. The molecule has 1 fully saturated rings. The van der Waals surface area contributed by atoms with E-state index in [1.54, 1.807) is 7.05 Å². The average Bonchev–Trinajstić information content (AvgIpc) is 2.72. The second-order valence-electron chi connectivity index (χ2n) is 7.59. The Morgan fingerprint density at radius 1 is 1.18 bits per heavy atom. The monoisotopic (exact) mass is 391 g/mol. The molecule has 28 heavy (non-hydrogen) atoms. The van der Waals surface area contributed by atoms with Gasteiger partial charge in [0.15, 0.2) is 5.96 Å². The number of nitrogens with one attached hydrogen (secondary N) is 2. The minimum Gasteiger partial charge on any atom is -0.381 e. The van der Waals surface area contributed by atoms with Gasteiger partial charge in [0.25, 0.3) is 0 Å². The summed E-state index contributed by atoms with van der Waals surface area (Å²) in [5, 5.41) is 6.64. The average molecular weight is 392 g/mol. The van der Waals surface area contributed by atoms with Crippen LogP contribution >= 0.6 is 0 Å². The maximum Gasteiger partial charge on any atom is 0.191 e. The molecule has 158 valence electrons. The Morgan fingerprint density at radius 3 is 2.71 bits per heavy atom. The first-order valence-corrected chi connectivity index (χ1v) is 10.5. The van der Waals surface area contributed by atoms with Crippen molar-refractivity contribution in [3.05, 3.63) is 35.4 Å². The van der Waals surface area contributed by atoms with E-state index in [1.807, 2.05) is 0 Å². The topological polar surface area (TPSA) is 64.1 Å². The molecule has 1 aliphatic heterocycles. The van der Waals surface area contributed by atoms with Gasteiger partial charge in [0.05, 0.1) is 19.3 Å². The highest BCUT2D eigenvalue weighted by Crippen LogP contribution is 2.14. The largest absolute Gasteiger partial charge is 0.381 e. The van der Waals surface area contributed by atoms with Crippen LogP contribution in [0, 0.1) is 5.92 Å². The molecule has 1 saturated heterocycles. The molecule has 0 atom stereocenters. The van der Waals surface area contributed by atoms with Crippen molar-refractivity contribution < 1.29 is 14.2 Å². The number of benzene rings is 1. The third-order valence-corrected chi connectivity index (χ3v) is 4.71. The molecule has 0 bridgehead atoms.